The number of carbonyl (C=O) groups excluding carboxylic acids is 1. The predicted octanol–water partition coefficient (Wildman–Crippen LogP) is 3.04. The van der Waals surface area contributed by atoms with E-state index in [1.807, 2.05) is 23.0 Å². The van der Waals surface area contributed by atoms with Crippen LogP contribution in [0, 0.1) is 0 Å². The topological polar surface area (TPSA) is 46.9 Å². The fourth-order valence-electron chi connectivity index (χ4n) is 2.30. The van der Waals surface area contributed by atoms with E-state index in [0.717, 1.165) is 0 Å². The minimum atomic E-state index is -0.111. The third-order valence-electron chi connectivity index (χ3n) is 3.16. The van der Waals surface area contributed by atoms with Gasteiger partial charge in [0.25, 0.3) is 0 Å². The van der Waals surface area contributed by atoms with Crippen LogP contribution >= 0.6 is 0 Å². The number of aromatic nitrogens is 2. The van der Waals surface area contributed by atoms with Crippen LogP contribution in [0.15, 0.2) is 54.7 Å². The predicted molar refractivity (Wildman–Crippen MR) is 79.6 cm³/mol. The molecule has 1 heterocycles. The Bertz CT molecular complexity index is 756. The second-order valence-electron chi connectivity index (χ2n) is 4.72. The van der Waals surface area contributed by atoms with Gasteiger partial charge in [0.05, 0.1) is 6.54 Å². The molecule has 4 nitrogen and oxygen atoms in total. The quantitative estimate of drug-likeness (QED) is 0.791. The fraction of sp³-hybridized carbons (Fsp3) is 0.125. The van der Waals surface area contributed by atoms with Crippen LogP contribution in [0.25, 0.3) is 10.8 Å². The van der Waals surface area contributed by atoms with Crippen molar-refractivity contribution >= 4 is 22.5 Å². The zero-order valence-corrected chi connectivity index (χ0v) is 11.2. The summed E-state index contributed by atoms with van der Waals surface area (Å²) in [5, 5.41) is 9.46. The first-order valence-electron chi connectivity index (χ1n) is 6.50. The van der Waals surface area contributed by atoms with Crippen LogP contribution in [0.5, 0.6) is 0 Å². The van der Waals surface area contributed by atoms with Gasteiger partial charge in [0.15, 0.2) is 5.82 Å². The van der Waals surface area contributed by atoms with Crippen LogP contribution in [0.1, 0.15) is 12.5 Å². The van der Waals surface area contributed by atoms with Crippen molar-refractivity contribution in [2.45, 2.75) is 13.5 Å². The van der Waals surface area contributed by atoms with E-state index in [4.69, 9.17) is 0 Å². The number of hydrogen-bond acceptors (Lipinski definition) is 2. The molecule has 4 heteroatoms. The molecular formula is C16H15N3O. The van der Waals surface area contributed by atoms with Crippen molar-refractivity contribution < 1.29 is 4.79 Å². The van der Waals surface area contributed by atoms with E-state index in [1.165, 1.54) is 23.3 Å². The monoisotopic (exact) mass is 265 g/mol. The summed E-state index contributed by atoms with van der Waals surface area (Å²) in [6.07, 6.45) is 1.87. The molecule has 0 radical (unpaired) electrons. The Labute approximate surface area is 117 Å². The van der Waals surface area contributed by atoms with Gasteiger partial charge < -0.3 is 5.32 Å². The molecule has 1 amide bonds. The lowest BCUT2D eigenvalue weighted by Gasteiger charge is -2.06. The largest absolute Gasteiger partial charge is 0.309 e. The van der Waals surface area contributed by atoms with Gasteiger partial charge in [0, 0.05) is 19.2 Å². The van der Waals surface area contributed by atoms with Crippen LogP contribution < -0.4 is 5.32 Å². The maximum absolute atomic E-state index is 11.0. The molecule has 0 aliphatic heterocycles. The molecular weight excluding hydrogens is 250 g/mol. The molecule has 0 saturated heterocycles. The summed E-state index contributed by atoms with van der Waals surface area (Å²) in [6, 6.07) is 16.3. The van der Waals surface area contributed by atoms with E-state index in [1.54, 1.807) is 6.07 Å². The van der Waals surface area contributed by atoms with Crippen LogP contribution in [0.3, 0.4) is 0 Å². The molecule has 20 heavy (non-hydrogen) atoms. The molecule has 2 aromatic carbocycles. The highest BCUT2D eigenvalue weighted by Gasteiger charge is 2.04. The van der Waals surface area contributed by atoms with Crippen molar-refractivity contribution in [3.63, 3.8) is 0 Å². The zero-order chi connectivity index (χ0) is 13.9. The number of rotatable bonds is 3. The van der Waals surface area contributed by atoms with Gasteiger partial charge in [-0.15, -0.1) is 0 Å². The Hall–Kier alpha value is -2.62. The van der Waals surface area contributed by atoms with Crippen molar-refractivity contribution in [3.8, 4) is 0 Å². The molecule has 0 spiro atoms. The van der Waals surface area contributed by atoms with E-state index in [2.05, 4.69) is 40.7 Å². The highest BCUT2D eigenvalue weighted by atomic mass is 16.1. The van der Waals surface area contributed by atoms with Gasteiger partial charge in [-0.25, -0.2) is 0 Å². The smallest absolute Gasteiger partial charge is 0.222 e. The molecule has 1 aromatic heterocycles. The van der Waals surface area contributed by atoms with E-state index in [-0.39, 0.29) is 5.91 Å². The molecule has 1 N–H and O–H groups in total. The van der Waals surface area contributed by atoms with Crippen LogP contribution in [-0.2, 0) is 11.3 Å². The van der Waals surface area contributed by atoms with Gasteiger partial charge in [-0.05, 0) is 16.3 Å². The minimum Gasteiger partial charge on any atom is -0.309 e. The SMILES string of the molecule is CC(=O)Nc1ccn(Cc2cccc3ccccc23)n1. The Morgan fingerprint density at radius 1 is 1.15 bits per heavy atom. The average molecular weight is 265 g/mol. The Morgan fingerprint density at radius 2 is 1.95 bits per heavy atom. The van der Waals surface area contributed by atoms with Gasteiger partial charge >= 0.3 is 0 Å². The summed E-state index contributed by atoms with van der Waals surface area (Å²) in [4.78, 5) is 11.0. The molecule has 0 fully saturated rings. The van der Waals surface area contributed by atoms with Crippen molar-refractivity contribution in [3.05, 3.63) is 60.3 Å². The first-order valence-corrected chi connectivity index (χ1v) is 6.50. The molecule has 0 atom stereocenters. The van der Waals surface area contributed by atoms with Gasteiger partial charge in [0.2, 0.25) is 5.91 Å². The molecule has 0 aliphatic rings. The first-order chi connectivity index (χ1) is 9.72. The fourth-order valence-corrected chi connectivity index (χ4v) is 2.30. The van der Waals surface area contributed by atoms with Gasteiger partial charge in [-0.3, -0.25) is 9.48 Å². The number of amides is 1. The number of carbonyl (C=O) groups is 1. The van der Waals surface area contributed by atoms with E-state index in [0.29, 0.717) is 12.4 Å². The first kappa shape index (κ1) is 12.4. The number of anilines is 1. The molecule has 3 aromatic rings. The van der Waals surface area contributed by atoms with Gasteiger partial charge in [0.1, 0.15) is 0 Å². The van der Waals surface area contributed by atoms with Crippen molar-refractivity contribution in [1.82, 2.24) is 9.78 Å². The zero-order valence-electron chi connectivity index (χ0n) is 11.2. The van der Waals surface area contributed by atoms with E-state index < -0.39 is 0 Å². The van der Waals surface area contributed by atoms with Crippen molar-refractivity contribution in [2.75, 3.05) is 5.32 Å². The second kappa shape index (κ2) is 5.17. The number of nitrogens with zero attached hydrogens (tertiary/aromatic N) is 2. The maximum atomic E-state index is 11.0. The normalized spacial score (nSPS) is 10.7. The third-order valence-corrected chi connectivity index (χ3v) is 3.16. The third kappa shape index (κ3) is 2.54. The summed E-state index contributed by atoms with van der Waals surface area (Å²) < 4.78 is 1.83. The van der Waals surface area contributed by atoms with Gasteiger partial charge in [-0.1, -0.05) is 42.5 Å². The van der Waals surface area contributed by atoms with E-state index in [9.17, 15) is 4.79 Å². The maximum Gasteiger partial charge on any atom is 0.222 e. The number of fused-ring (bicyclic) bond motifs is 1. The molecule has 0 saturated carbocycles. The van der Waals surface area contributed by atoms with Gasteiger partial charge in [-0.2, -0.15) is 5.10 Å². The standard InChI is InChI=1S/C16H15N3O/c1-12(20)17-16-9-10-19(18-16)11-14-7-4-6-13-5-2-3-8-15(13)14/h2-10H,11H2,1H3,(H,17,18,20). The Morgan fingerprint density at radius 3 is 2.80 bits per heavy atom. The van der Waals surface area contributed by atoms with Crippen LogP contribution in [0.4, 0.5) is 5.82 Å². The second-order valence-corrected chi connectivity index (χ2v) is 4.72. The molecule has 100 valence electrons. The molecule has 3 rings (SSSR count). The number of hydrogen-bond donors (Lipinski definition) is 1. The minimum absolute atomic E-state index is 0.111. The molecule has 0 unspecified atom stereocenters. The van der Waals surface area contributed by atoms with Crippen LogP contribution in [-0.4, -0.2) is 15.7 Å². The number of benzene rings is 2. The van der Waals surface area contributed by atoms with E-state index >= 15 is 0 Å². The average Bonchev–Trinajstić information content (AvgIpc) is 2.86. The lowest BCUT2D eigenvalue weighted by atomic mass is 10.0. The van der Waals surface area contributed by atoms with Crippen molar-refractivity contribution in [2.24, 2.45) is 0 Å². The lowest BCUT2D eigenvalue weighted by molar-refractivity contribution is -0.114. The van der Waals surface area contributed by atoms with Crippen LogP contribution in [0.2, 0.25) is 0 Å². The number of nitrogens with one attached hydrogen (secondary N) is 1. The highest BCUT2D eigenvalue weighted by molar-refractivity contribution is 5.87. The summed E-state index contributed by atoms with van der Waals surface area (Å²) in [5.74, 6) is 0.471. The summed E-state index contributed by atoms with van der Waals surface area (Å²) in [5.41, 5.74) is 1.21. The highest BCUT2D eigenvalue weighted by Crippen LogP contribution is 2.19. The summed E-state index contributed by atoms with van der Waals surface area (Å²) >= 11 is 0. The van der Waals surface area contributed by atoms with Crippen molar-refractivity contribution in [1.29, 1.82) is 0 Å². The Balaban J connectivity index is 1.89. The summed E-state index contributed by atoms with van der Waals surface area (Å²) in [6.45, 7) is 2.16. The lowest BCUT2D eigenvalue weighted by Crippen LogP contribution is -2.07. The molecule has 0 bridgehead atoms. The summed E-state index contributed by atoms with van der Waals surface area (Å²) in [7, 11) is 0. The Kier molecular flexibility index (Phi) is 3.21. The molecule has 0 aliphatic carbocycles.